The predicted octanol–water partition coefficient (Wildman–Crippen LogP) is 0.998. The molecule has 7 heteroatoms. The van der Waals surface area contributed by atoms with Gasteiger partial charge in [-0.3, -0.25) is 14.6 Å². The number of benzene rings is 1. The van der Waals surface area contributed by atoms with E-state index in [1.54, 1.807) is 19.1 Å². The standard InChI is InChI=1S/C16H17FN4O2/c1-10-7-20-14(9-19-10)16(23)21-8-12(15(18)22)6-11-2-4-13(17)5-3-11/h2-5,7,9,12H,6,8H2,1H3,(H2,18,22)(H,21,23)/t12-/m0/s1. The summed E-state index contributed by atoms with van der Waals surface area (Å²) in [6.45, 7) is 1.83. The van der Waals surface area contributed by atoms with Crippen molar-refractivity contribution in [1.29, 1.82) is 0 Å². The Hall–Kier alpha value is -2.83. The van der Waals surface area contributed by atoms with Crippen LogP contribution in [0.3, 0.4) is 0 Å². The van der Waals surface area contributed by atoms with Crippen molar-refractivity contribution in [3.63, 3.8) is 0 Å². The van der Waals surface area contributed by atoms with Crippen LogP contribution in [-0.4, -0.2) is 28.3 Å². The molecule has 0 spiro atoms. The fourth-order valence-electron chi connectivity index (χ4n) is 1.99. The summed E-state index contributed by atoms with van der Waals surface area (Å²) in [5.74, 6) is -1.91. The molecule has 0 aliphatic heterocycles. The molecule has 0 unspecified atom stereocenters. The molecule has 1 atom stereocenters. The van der Waals surface area contributed by atoms with E-state index in [0.717, 1.165) is 5.56 Å². The number of nitrogens with zero attached hydrogens (tertiary/aromatic N) is 2. The molecule has 0 saturated heterocycles. The van der Waals surface area contributed by atoms with Gasteiger partial charge in [0, 0.05) is 12.7 Å². The molecule has 2 rings (SSSR count). The second kappa shape index (κ2) is 7.44. The Morgan fingerprint density at radius 3 is 2.48 bits per heavy atom. The number of nitrogens with one attached hydrogen (secondary N) is 1. The molecule has 120 valence electrons. The fourth-order valence-corrected chi connectivity index (χ4v) is 1.99. The summed E-state index contributed by atoms with van der Waals surface area (Å²) in [7, 11) is 0. The van der Waals surface area contributed by atoms with Crippen LogP contribution < -0.4 is 11.1 Å². The van der Waals surface area contributed by atoms with Gasteiger partial charge < -0.3 is 11.1 Å². The van der Waals surface area contributed by atoms with Crippen molar-refractivity contribution in [2.75, 3.05) is 6.54 Å². The van der Waals surface area contributed by atoms with Crippen LogP contribution in [0.2, 0.25) is 0 Å². The van der Waals surface area contributed by atoms with Crippen molar-refractivity contribution in [1.82, 2.24) is 15.3 Å². The number of nitrogens with two attached hydrogens (primary N) is 1. The molecule has 2 aromatic rings. The molecule has 0 fully saturated rings. The summed E-state index contributed by atoms with van der Waals surface area (Å²) >= 11 is 0. The first-order valence-corrected chi connectivity index (χ1v) is 7.06. The number of carbonyl (C=O) groups excluding carboxylic acids is 2. The maximum atomic E-state index is 12.9. The number of aryl methyl sites for hydroxylation is 1. The molecule has 2 amide bonds. The van der Waals surface area contributed by atoms with Crippen LogP contribution in [-0.2, 0) is 11.2 Å². The van der Waals surface area contributed by atoms with Gasteiger partial charge in [0.25, 0.3) is 5.91 Å². The van der Waals surface area contributed by atoms with Crippen molar-refractivity contribution >= 4 is 11.8 Å². The molecular weight excluding hydrogens is 299 g/mol. The molecule has 0 aliphatic carbocycles. The third kappa shape index (κ3) is 4.84. The first kappa shape index (κ1) is 16.5. The van der Waals surface area contributed by atoms with E-state index in [9.17, 15) is 14.0 Å². The van der Waals surface area contributed by atoms with Gasteiger partial charge in [-0.05, 0) is 31.0 Å². The van der Waals surface area contributed by atoms with Gasteiger partial charge in [-0.15, -0.1) is 0 Å². The number of hydrogen-bond acceptors (Lipinski definition) is 4. The van der Waals surface area contributed by atoms with E-state index in [0.29, 0.717) is 12.1 Å². The molecule has 0 aliphatic rings. The SMILES string of the molecule is Cc1cnc(C(=O)NC[C@H](Cc2ccc(F)cc2)C(N)=O)cn1. The van der Waals surface area contributed by atoms with Crippen LogP contribution in [0.5, 0.6) is 0 Å². The van der Waals surface area contributed by atoms with Gasteiger partial charge in [0.2, 0.25) is 5.91 Å². The van der Waals surface area contributed by atoms with Gasteiger partial charge in [0.05, 0.1) is 17.8 Å². The van der Waals surface area contributed by atoms with E-state index in [1.807, 2.05) is 0 Å². The molecule has 0 bridgehead atoms. The third-order valence-electron chi connectivity index (χ3n) is 3.32. The highest BCUT2D eigenvalue weighted by Gasteiger charge is 2.18. The number of halogens is 1. The predicted molar refractivity (Wildman–Crippen MR) is 81.9 cm³/mol. The molecule has 0 radical (unpaired) electrons. The topological polar surface area (TPSA) is 98.0 Å². The number of rotatable bonds is 6. The number of primary amides is 1. The lowest BCUT2D eigenvalue weighted by atomic mass is 9.98. The first-order valence-electron chi connectivity index (χ1n) is 7.06. The smallest absolute Gasteiger partial charge is 0.271 e. The van der Waals surface area contributed by atoms with Crippen LogP contribution in [0.15, 0.2) is 36.7 Å². The van der Waals surface area contributed by atoms with Crippen LogP contribution in [0.4, 0.5) is 4.39 Å². The van der Waals surface area contributed by atoms with Crippen molar-refractivity contribution in [3.05, 3.63) is 59.4 Å². The van der Waals surface area contributed by atoms with Crippen LogP contribution >= 0.6 is 0 Å². The molecule has 1 aromatic heterocycles. The normalized spacial score (nSPS) is 11.7. The van der Waals surface area contributed by atoms with Crippen molar-refractivity contribution in [2.24, 2.45) is 11.7 Å². The van der Waals surface area contributed by atoms with Crippen molar-refractivity contribution in [2.45, 2.75) is 13.3 Å². The zero-order chi connectivity index (χ0) is 16.8. The Morgan fingerprint density at radius 2 is 1.91 bits per heavy atom. The first-order chi connectivity index (χ1) is 11.0. The summed E-state index contributed by atoms with van der Waals surface area (Å²) in [6, 6.07) is 5.79. The van der Waals surface area contributed by atoms with Crippen molar-refractivity contribution < 1.29 is 14.0 Å². The maximum Gasteiger partial charge on any atom is 0.271 e. The van der Waals surface area contributed by atoms with Gasteiger partial charge >= 0.3 is 0 Å². The Kier molecular flexibility index (Phi) is 5.35. The van der Waals surface area contributed by atoms with Crippen LogP contribution in [0.25, 0.3) is 0 Å². The Balaban J connectivity index is 1.96. The fraction of sp³-hybridized carbons (Fsp3) is 0.250. The summed E-state index contributed by atoms with van der Waals surface area (Å²) in [4.78, 5) is 31.4. The number of amides is 2. The van der Waals surface area contributed by atoms with E-state index in [4.69, 9.17) is 5.73 Å². The highest BCUT2D eigenvalue weighted by molar-refractivity contribution is 5.92. The molecule has 0 saturated carbocycles. The lowest BCUT2D eigenvalue weighted by Crippen LogP contribution is -2.37. The summed E-state index contributed by atoms with van der Waals surface area (Å²) in [6.07, 6.45) is 3.17. The van der Waals surface area contributed by atoms with E-state index in [1.165, 1.54) is 24.5 Å². The maximum absolute atomic E-state index is 12.9. The minimum absolute atomic E-state index is 0.0705. The molecule has 3 N–H and O–H groups in total. The number of hydrogen-bond donors (Lipinski definition) is 2. The van der Waals surface area contributed by atoms with Gasteiger partial charge in [-0.25, -0.2) is 9.37 Å². The van der Waals surface area contributed by atoms with Gasteiger partial charge in [0.1, 0.15) is 11.5 Å². The quantitative estimate of drug-likeness (QED) is 0.830. The average molecular weight is 316 g/mol. The molecular formula is C16H17FN4O2. The summed E-state index contributed by atoms with van der Waals surface area (Å²) < 4.78 is 12.9. The highest BCUT2D eigenvalue weighted by atomic mass is 19.1. The largest absolute Gasteiger partial charge is 0.369 e. The Bertz CT molecular complexity index is 686. The van der Waals surface area contributed by atoms with E-state index in [-0.39, 0.29) is 18.1 Å². The van der Waals surface area contributed by atoms with Gasteiger partial charge in [-0.2, -0.15) is 0 Å². The highest BCUT2D eigenvalue weighted by Crippen LogP contribution is 2.10. The molecule has 1 heterocycles. The second-order valence-electron chi connectivity index (χ2n) is 5.18. The zero-order valence-corrected chi connectivity index (χ0v) is 12.6. The van der Waals surface area contributed by atoms with Gasteiger partial charge in [-0.1, -0.05) is 12.1 Å². The number of aromatic nitrogens is 2. The van der Waals surface area contributed by atoms with E-state index in [2.05, 4.69) is 15.3 Å². The summed E-state index contributed by atoms with van der Waals surface area (Å²) in [5, 5.41) is 2.62. The zero-order valence-electron chi connectivity index (χ0n) is 12.6. The number of carbonyl (C=O) groups is 2. The monoisotopic (exact) mass is 316 g/mol. The lowest BCUT2D eigenvalue weighted by molar-refractivity contribution is -0.121. The van der Waals surface area contributed by atoms with Crippen LogP contribution in [0, 0.1) is 18.7 Å². The van der Waals surface area contributed by atoms with E-state index < -0.39 is 17.7 Å². The second-order valence-corrected chi connectivity index (χ2v) is 5.18. The Labute approximate surface area is 132 Å². The van der Waals surface area contributed by atoms with E-state index >= 15 is 0 Å². The van der Waals surface area contributed by atoms with Crippen molar-refractivity contribution in [3.8, 4) is 0 Å². The molecule has 23 heavy (non-hydrogen) atoms. The summed E-state index contributed by atoms with van der Waals surface area (Å²) in [5.41, 5.74) is 7.00. The van der Waals surface area contributed by atoms with Crippen LogP contribution in [0.1, 0.15) is 21.7 Å². The third-order valence-corrected chi connectivity index (χ3v) is 3.32. The molecule has 6 nitrogen and oxygen atoms in total. The minimum Gasteiger partial charge on any atom is -0.369 e. The minimum atomic E-state index is -0.595. The Morgan fingerprint density at radius 1 is 1.22 bits per heavy atom. The average Bonchev–Trinajstić information content (AvgIpc) is 2.53. The lowest BCUT2D eigenvalue weighted by Gasteiger charge is -2.14. The van der Waals surface area contributed by atoms with Gasteiger partial charge in [0.15, 0.2) is 0 Å². The molecule has 1 aromatic carbocycles.